The number of allylic oxidation sites excluding steroid dienone is 1. The molecule has 84 valence electrons. The first-order valence-electron chi connectivity index (χ1n) is 5.13. The molecule has 0 saturated heterocycles. The Balaban J connectivity index is 2.77. The predicted octanol–water partition coefficient (Wildman–Crippen LogP) is 1.92. The third-order valence-electron chi connectivity index (χ3n) is 2.04. The highest BCUT2D eigenvalue weighted by Gasteiger charge is 2.10. The zero-order valence-corrected chi connectivity index (χ0v) is 9.18. The highest BCUT2D eigenvalue weighted by molar-refractivity contribution is 5.93. The fourth-order valence-electron chi connectivity index (χ4n) is 1.32. The van der Waals surface area contributed by atoms with E-state index in [9.17, 15) is 9.59 Å². The number of ether oxygens (including phenoxy) is 1. The molecule has 1 aromatic carbocycles. The minimum Gasteiger partial charge on any atom is -0.463 e. The molecule has 0 aliphatic heterocycles. The van der Waals surface area contributed by atoms with E-state index >= 15 is 0 Å². The molecule has 0 N–H and O–H groups in total. The quantitative estimate of drug-likeness (QED) is 0.431. The van der Waals surface area contributed by atoms with Crippen molar-refractivity contribution in [2.24, 2.45) is 0 Å². The Morgan fingerprint density at radius 3 is 2.56 bits per heavy atom. The van der Waals surface area contributed by atoms with Gasteiger partial charge in [-0.25, -0.2) is 4.79 Å². The van der Waals surface area contributed by atoms with Gasteiger partial charge in [0.25, 0.3) is 0 Å². The van der Waals surface area contributed by atoms with Gasteiger partial charge in [0.15, 0.2) is 0 Å². The van der Waals surface area contributed by atoms with Crippen LogP contribution >= 0.6 is 0 Å². The number of carbonyl (C=O) groups excluding carboxylic acids is 2. The smallest absolute Gasteiger partial charge is 0.334 e. The first-order chi connectivity index (χ1) is 7.77. The van der Waals surface area contributed by atoms with Crippen LogP contribution < -0.4 is 0 Å². The molecule has 0 aliphatic carbocycles. The second kappa shape index (κ2) is 6.56. The maximum absolute atomic E-state index is 11.5. The van der Waals surface area contributed by atoms with Gasteiger partial charge in [-0.2, -0.15) is 0 Å². The third-order valence-corrected chi connectivity index (χ3v) is 2.04. The lowest BCUT2D eigenvalue weighted by molar-refractivity contribution is -0.138. The largest absolute Gasteiger partial charge is 0.463 e. The molecule has 1 aromatic rings. The number of aldehydes is 1. The average Bonchev–Trinajstić information content (AvgIpc) is 2.30. The molecule has 0 atom stereocenters. The van der Waals surface area contributed by atoms with Gasteiger partial charge in [-0.05, 0) is 18.6 Å². The maximum Gasteiger partial charge on any atom is 0.334 e. The van der Waals surface area contributed by atoms with Crippen LogP contribution in [0.2, 0.25) is 0 Å². The van der Waals surface area contributed by atoms with Gasteiger partial charge >= 0.3 is 5.97 Å². The van der Waals surface area contributed by atoms with Crippen molar-refractivity contribution in [3.05, 3.63) is 47.5 Å². The topological polar surface area (TPSA) is 43.4 Å². The molecule has 0 radical (unpaired) electrons. The second-order valence-corrected chi connectivity index (χ2v) is 3.21. The lowest BCUT2D eigenvalue weighted by Gasteiger charge is -2.05. The highest BCUT2D eigenvalue weighted by atomic mass is 16.5. The minimum atomic E-state index is -0.432. The summed E-state index contributed by atoms with van der Waals surface area (Å²) in [6, 6.07) is 9.48. The van der Waals surface area contributed by atoms with Crippen LogP contribution in [-0.4, -0.2) is 18.9 Å². The van der Waals surface area contributed by atoms with Gasteiger partial charge in [0, 0.05) is 12.0 Å². The summed E-state index contributed by atoms with van der Waals surface area (Å²) >= 11 is 0. The molecule has 1 rings (SSSR count). The zero-order valence-electron chi connectivity index (χ0n) is 9.18. The third kappa shape index (κ3) is 3.69. The van der Waals surface area contributed by atoms with Gasteiger partial charge in [0.05, 0.1) is 6.61 Å². The Hall–Kier alpha value is -1.90. The Morgan fingerprint density at radius 1 is 1.31 bits per heavy atom. The fourth-order valence-corrected chi connectivity index (χ4v) is 1.32. The maximum atomic E-state index is 11.5. The average molecular weight is 218 g/mol. The Labute approximate surface area is 94.7 Å². The van der Waals surface area contributed by atoms with Gasteiger partial charge in [-0.1, -0.05) is 30.3 Å². The molecule has 0 bridgehead atoms. The second-order valence-electron chi connectivity index (χ2n) is 3.21. The minimum absolute atomic E-state index is 0.309. The van der Waals surface area contributed by atoms with Crippen LogP contribution in [0.5, 0.6) is 0 Å². The molecule has 0 heterocycles. The SMILES string of the molecule is CCOC(=O)C(=CC=O)Cc1ccccc1. The van der Waals surface area contributed by atoms with Crippen molar-refractivity contribution in [1.82, 2.24) is 0 Å². The van der Waals surface area contributed by atoms with Crippen LogP contribution in [0, 0.1) is 0 Å². The first-order valence-corrected chi connectivity index (χ1v) is 5.13. The predicted molar refractivity (Wildman–Crippen MR) is 60.9 cm³/mol. The summed E-state index contributed by atoms with van der Waals surface area (Å²) in [7, 11) is 0. The van der Waals surface area contributed by atoms with Crippen molar-refractivity contribution in [3.8, 4) is 0 Å². The number of esters is 1. The normalized spacial score (nSPS) is 10.9. The highest BCUT2D eigenvalue weighted by Crippen LogP contribution is 2.09. The van der Waals surface area contributed by atoms with Crippen LogP contribution in [0.3, 0.4) is 0 Å². The summed E-state index contributed by atoms with van der Waals surface area (Å²) in [5.41, 5.74) is 1.35. The molecule has 0 unspecified atom stereocenters. The molecule has 0 spiro atoms. The molecule has 0 aromatic heterocycles. The van der Waals surface area contributed by atoms with E-state index in [4.69, 9.17) is 4.74 Å². The van der Waals surface area contributed by atoms with Crippen molar-refractivity contribution in [2.45, 2.75) is 13.3 Å². The van der Waals surface area contributed by atoms with E-state index in [-0.39, 0.29) is 0 Å². The summed E-state index contributed by atoms with van der Waals surface area (Å²) in [5.74, 6) is -0.432. The lowest BCUT2D eigenvalue weighted by Crippen LogP contribution is -2.10. The van der Waals surface area contributed by atoms with Crippen molar-refractivity contribution in [1.29, 1.82) is 0 Å². The van der Waals surface area contributed by atoms with E-state index in [1.165, 1.54) is 6.08 Å². The van der Waals surface area contributed by atoms with E-state index < -0.39 is 5.97 Å². The van der Waals surface area contributed by atoms with E-state index in [1.807, 2.05) is 30.3 Å². The molecular weight excluding hydrogens is 204 g/mol. The summed E-state index contributed by atoms with van der Waals surface area (Å²) in [4.78, 5) is 21.9. The van der Waals surface area contributed by atoms with Gasteiger partial charge < -0.3 is 4.74 Å². The molecular formula is C13H14O3. The summed E-state index contributed by atoms with van der Waals surface area (Å²) in [6.45, 7) is 2.04. The number of hydrogen-bond acceptors (Lipinski definition) is 3. The van der Waals surface area contributed by atoms with E-state index in [2.05, 4.69) is 0 Å². The number of benzene rings is 1. The van der Waals surface area contributed by atoms with Crippen molar-refractivity contribution >= 4 is 12.3 Å². The standard InChI is InChI=1S/C13H14O3/c1-2-16-13(15)12(8-9-14)10-11-6-4-3-5-7-11/h3-9H,2,10H2,1H3. The Bertz CT molecular complexity index is 379. The van der Waals surface area contributed by atoms with E-state index in [1.54, 1.807) is 6.92 Å². The van der Waals surface area contributed by atoms with Gasteiger partial charge in [-0.15, -0.1) is 0 Å². The monoisotopic (exact) mass is 218 g/mol. The van der Waals surface area contributed by atoms with Crippen LogP contribution in [0.15, 0.2) is 42.0 Å². The molecule has 16 heavy (non-hydrogen) atoms. The fraction of sp³-hybridized carbons (Fsp3) is 0.231. The van der Waals surface area contributed by atoms with Crippen LogP contribution in [0.4, 0.5) is 0 Å². The van der Waals surface area contributed by atoms with Gasteiger partial charge in [0.2, 0.25) is 0 Å². The molecule has 0 amide bonds. The summed E-state index contributed by atoms with van der Waals surface area (Å²) in [5, 5.41) is 0. The van der Waals surface area contributed by atoms with Crippen LogP contribution in [-0.2, 0) is 20.7 Å². The number of hydrogen-bond donors (Lipinski definition) is 0. The van der Waals surface area contributed by atoms with Gasteiger partial charge in [-0.3, -0.25) is 4.79 Å². The lowest BCUT2D eigenvalue weighted by atomic mass is 10.1. The van der Waals surface area contributed by atoms with Gasteiger partial charge in [0.1, 0.15) is 6.29 Å². The molecule has 0 fully saturated rings. The Morgan fingerprint density at radius 2 is 2.00 bits per heavy atom. The number of rotatable bonds is 5. The first kappa shape index (κ1) is 12.2. The van der Waals surface area contributed by atoms with Crippen LogP contribution in [0.25, 0.3) is 0 Å². The van der Waals surface area contributed by atoms with Crippen LogP contribution in [0.1, 0.15) is 12.5 Å². The summed E-state index contributed by atoms with van der Waals surface area (Å²) in [6.07, 6.45) is 2.28. The van der Waals surface area contributed by atoms with E-state index in [0.29, 0.717) is 24.9 Å². The molecule has 3 nitrogen and oxygen atoms in total. The molecule has 0 saturated carbocycles. The zero-order chi connectivity index (χ0) is 11.8. The van der Waals surface area contributed by atoms with Crippen molar-refractivity contribution in [2.75, 3.05) is 6.61 Å². The van der Waals surface area contributed by atoms with E-state index in [0.717, 1.165) is 5.56 Å². The molecule has 0 aliphatic rings. The van der Waals surface area contributed by atoms with Crippen molar-refractivity contribution < 1.29 is 14.3 Å². The van der Waals surface area contributed by atoms with Crippen molar-refractivity contribution in [3.63, 3.8) is 0 Å². The Kier molecular flexibility index (Phi) is 4.99. The summed E-state index contributed by atoms with van der Waals surface area (Å²) < 4.78 is 4.86. The number of carbonyl (C=O) groups is 2. The molecule has 3 heteroatoms.